The maximum absolute atomic E-state index is 14.2. The Morgan fingerprint density at radius 2 is 1.08 bits per heavy atom. The average molecular weight is 514 g/mol. The highest BCUT2D eigenvalue weighted by molar-refractivity contribution is 7.97. The molecule has 0 saturated carbocycles. The van der Waals surface area contributed by atoms with E-state index in [1.54, 1.807) is 13.8 Å². The van der Waals surface area contributed by atoms with Gasteiger partial charge in [-0.2, -0.15) is 0 Å². The lowest BCUT2D eigenvalue weighted by atomic mass is 10.0. The third-order valence-electron chi connectivity index (χ3n) is 6.18. The highest BCUT2D eigenvalue weighted by Gasteiger charge is 2.46. The van der Waals surface area contributed by atoms with Crippen molar-refractivity contribution in [3.05, 3.63) is 102 Å². The van der Waals surface area contributed by atoms with Crippen molar-refractivity contribution in [1.29, 1.82) is 0 Å². The number of imide groups is 1. The van der Waals surface area contributed by atoms with E-state index in [0.29, 0.717) is 0 Å². The fraction of sp³-hybridized carbons (Fsp3) is 0.167. The molecule has 0 aliphatic carbocycles. The number of carbonyl (C=O) groups excluding carboxylic acids is 4. The van der Waals surface area contributed by atoms with Gasteiger partial charge in [0.15, 0.2) is 5.78 Å². The number of nitrogens with zero attached hydrogens (tertiary/aromatic N) is 1. The van der Waals surface area contributed by atoms with E-state index in [9.17, 15) is 19.2 Å². The lowest BCUT2D eigenvalue weighted by Crippen LogP contribution is -2.38. The van der Waals surface area contributed by atoms with Crippen LogP contribution in [0.4, 0.5) is 0 Å². The van der Waals surface area contributed by atoms with Gasteiger partial charge in [-0.05, 0) is 43.6 Å². The van der Waals surface area contributed by atoms with E-state index in [1.807, 2.05) is 91.0 Å². The van der Waals surface area contributed by atoms with Crippen LogP contribution in [0.25, 0.3) is 0 Å². The number of benzene rings is 3. The molecule has 4 rings (SSSR count). The Morgan fingerprint density at radius 1 is 0.703 bits per heavy atom. The Labute approximate surface area is 216 Å². The molecule has 0 spiro atoms. The predicted molar refractivity (Wildman–Crippen MR) is 147 cm³/mol. The number of Topliss-reactive ketones (excluding diaryl/α,β-unsaturated/α-hetero) is 1. The van der Waals surface area contributed by atoms with Gasteiger partial charge in [0.25, 0.3) is 11.8 Å². The van der Waals surface area contributed by atoms with Crippen LogP contribution in [0, 0.1) is 0 Å². The molecule has 3 aromatic rings. The van der Waals surface area contributed by atoms with Gasteiger partial charge in [0.05, 0.1) is 22.5 Å². The molecule has 6 nitrogen and oxygen atoms in total. The Morgan fingerprint density at radius 3 is 1.43 bits per heavy atom. The van der Waals surface area contributed by atoms with Gasteiger partial charge in [-0.1, -0.05) is 91.0 Å². The molecule has 0 bridgehead atoms. The third-order valence-corrected chi connectivity index (χ3v) is 10.5. The van der Waals surface area contributed by atoms with Gasteiger partial charge in [-0.3, -0.25) is 19.3 Å². The van der Waals surface area contributed by atoms with Crippen LogP contribution in [0.1, 0.15) is 20.8 Å². The number of ether oxygens (including phenoxy) is 1. The van der Waals surface area contributed by atoms with Crippen molar-refractivity contribution in [3.8, 4) is 0 Å². The summed E-state index contributed by atoms with van der Waals surface area (Å²) >= 11 is 0. The number of rotatable bonds is 7. The summed E-state index contributed by atoms with van der Waals surface area (Å²) in [7, 11) is 1.32. The normalized spacial score (nSPS) is 13.8. The Bertz CT molecular complexity index is 1350. The van der Waals surface area contributed by atoms with Crippen LogP contribution in [-0.4, -0.2) is 46.9 Å². The summed E-state index contributed by atoms with van der Waals surface area (Å²) in [6, 6.07) is 28.3. The number of likely N-dealkylation sites (N-methyl/N-ethyl adjacent to an activating group) is 1. The number of carbonyl (C=O) groups is 4. The van der Waals surface area contributed by atoms with E-state index >= 15 is 0 Å². The van der Waals surface area contributed by atoms with Crippen LogP contribution in [-0.2, 0) is 23.9 Å². The van der Waals surface area contributed by atoms with Gasteiger partial charge in [-0.25, -0.2) is 4.79 Å². The van der Waals surface area contributed by atoms with Gasteiger partial charge in [0.2, 0.25) is 0 Å². The molecule has 1 heterocycles. The number of ketones is 1. The van der Waals surface area contributed by atoms with E-state index in [4.69, 9.17) is 4.74 Å². The first-order valence-electron chi connectivity index (χ1n) is 11.9. The summed E-state index contributed by atoms with van der Waals surface area (Å²) in [6.45, 7) is 1.51. The highest BCUT2D eigenvalue weighted by atomic mass is 31.2. The molecular weight excluding hydrogens is 485 g/mol. The second-order valence-electron chi connectivity index (χ2n) is 8.96. The molecule has 0 aromatic heterocycles. The predicted octanol–water partition coefficient (Wildman–Crippen LogP) is 2.99. The summed E-state index contributed by atoms with van der Waals surface area (Å²) in [6.07, 6.45) is -0.502. The smallest absolute Gasteiger partial charge is 0.340 e. The van der Waals surface area contributed by atoms with Crippen molar-refractivity contribution in [1.82, 2.24) is 4.90 Å². The first kappa shape index (κ1) is 26.1. The van der Waals surface area contributed by atoms with Crippen molar-refractivity contribution in [2.45, 2.75) is 26.9 Å². The SMILES string of the molecule is CC(=O)C1=C(C(C(=O)OC(C)C)=P(c2ccccc2)(c2ccccc2)c2ccccc2)C(=O)N(C)C1=O. The summed E-state index contributed by atoms with van der Waals surface area (Å²) < 4.78 is 5.77. The minimum atomic E-state index is -3.16. The molecule has 7 heteroatoms. The fourth-order valence-corrected chi connectivity index (χ4v) is 9.05. The van der Waals surface area contributed by atoms with Gasteiger partial charge < -0.3 is 4.74 Å². The lowest BCUT2D eigenvalue weighted by molar-refractivity contribution is -0.140. The molecule has 2 amide bonds. The molecule has 0 unspecified atom stereocenters. The first-order valence-corrected chi connectivity index (χ1v) is 13.7. The van der Waals surface area contributed by atoms with E-state index < -0.39 is 36.6 Å². The van der Waals surface area contributed by atoms with Crippen LogP contribution >= 0.6 is 6.89 Å². The Hall–Kier alpha value is -4.02. The van der Waals surface area contributed by atoms with Gasteiger partial charge in [-0.15, -0.1) is 0 Å². The van der Waals surface area contributed by atoms with Crippen molar-refractivity contribution >= 4 is 51.7 Å². The molecule has 188 valence electrons. The number of hydrogen-bond donors (Lipinski definition) is 0. The van der Waals surface area contributed by atoms with Crippen LogP contribution in [0.2, 0.25) is 0 Å². The number of amides is 2. The van der Waals surface area contributed by atoms with Crippen LogP contribution in [0.3, 0.4) is 0 Å². The molecule has 3 aromatic carbocycles. The minimum Gasteiger partial charge on any atom is -0.459 e. The highest BCUT2D eigenvalue weighted by Crippen LogP contribution is 2.49. The van der Waals surface area contributed by atoms with Crippen molar-refractivity contribution in [3.63, 3.8) is 0 Å². The van der Waals surface area contributed by atoms with Crippen LogP contribution in [0.15, 0.2) is 102 Å². The van der Waals surface area contributed by atoms with E-state index in [0.717, 1.165) is 20.8 Å². The summed E-state index contributed by atoms with van der Waals surface area (Å²) in [4.78, 5) is 54.7. The van der Waals surface area contributed by atoms with Gasteiger partial charge in [0, 0.05) is 7.05 Å². The average Bonchev–Trinajstić information content (AvgIpc) is 3.12. The maximum Gasteiger partial charge on any atom is 0.340 e. The molecule has 0 atom stereocenters. The van der Waals surface area contributed by atoms with Crippen LogP contribution in [0.5, 0.6) is 0 Å². The third kappa shape index (κ3) is 4.49. The fourth-order valence-electron chi connectivity index (χ4n) is 4.65. The molecule has 1 aliphatic heterocycles. The summed E-state index contributed by atoms with van der Waals surface area (Å²) in [5.41, 5.74) is -0.481. The Kier molecular flexibility index (Phi) is 7.42. The van der Waals surface area contributed by atoms with E-state index in [2.05, 4.69) is 0 Å². The molecule has 37 heavy (non-hydrogen) atoms. The first-order chi connectivity index (χ1) is 17.7. The quantitative estimate of drug-likeness (QED) is 0.210. The Balaban J connectivity index is 2.39. The zero-order chi connectivity index (χ0) is 26.7. The van der Waals surface area contributed by atoms with Crippen LogP contribution < -0.4 is 15.9 Å². The summed E-state index contributed by atoms with van der Waals surface area (Å²) in [5, 5.41) is 2.40. The van der Waals surface area contributed by atoms with Gasteiger partial charge >= 0.3 is 5.97 Å². The lowest BCUT2D eigenvalue weighted by Gasteiger charge is -2.32. The molecule has 0 N–H and O–H groups in total. The van der Waals surface area contributed by atoms with Crippen molar-refractivity contribution < 1.29 is 23.9 Å². The number of hydrogen-bond acceptors (Lipinski definition) is 5. The zero-order valence-electron chi connectivity index (χ0n) is 21.2. The standard InChI is InChI=1S/C30H28NO5P/c1-20(2)36-30(35)27(26-25(21(3)32)28(33)31(4)29(26)34)37(22-14-8-5-9-15-22,23-16-10-6-11-17-23)24-18-12-7-13-19-24/h5-20H,1-4H3. The van der Waals surface area contributed by atoms with E-state index in [1.165, 1.54) is 14.0 Å². The topological polar surface area (TPSA) is 80.8 Å². The van der Waals surface area contributed by atoms with Gasteiger partial charge in [0.1, 0.15) is 0 Å². The zero-order valence-corrected chi connectivity index (χ0v) is 22.1. The monoisotopic (exact) mass is 513 g/mol. The molecule has 0 saturated heterocycles. The molecular formula is C30H28NO5P. The van der Waals surface area contributed by atoms with E-state index in [-0.39, 0.29) is 16.4 Å². The molecule has 0 fully saturated rings. The summed E-state index contributed by atoms with van der Waals surface area (Å²) in [5.74, 6) is -2.74. The maximum atomic E-state index is 14.2. The van der Waals surface area contributed by atoms with Crippen molar-refractivity contribution in [2.75, 3.05) is 7.05 Å². The van der Waals surface area contributed by atoms with Crippen molar-refractivity contribution in [2.24, 2.45) is 0 Å². The molecule has 0 radical (unpaired) electrons. The second kappa shape index (κ2) is 10.5. The largest absolute Gasteiger partial charge is 0.459 e. The second-order valence-corrected chi connectivity index (χ2v) is 12.3. The molecule has 1 aliphatic rings. The number of esters is 1. The minimum absolute atomic E-state index is 0.0395.